The summed E-state index contributed by atoms with van der Waals surface area (Å²) in [5.74, 6) is 2.37. The van der Waals surface area contributed by atoms with Crippen molar-refractivity contribution in [1.29, 1.82) is 0 Å². The van der Waals surface area contributed by atoms with E-state index >= 15 is 0 Å². The topological polar surface area (TPSA) is 72.8 Å². The molecule has 3 heterocycles. The maximum Gasteiger partial charge on any atom is 0.176 e. The number of benzene rings is 2. The number of H-pyrrole nitrogens is 1. The number of aromatic amines is 1. The fraction of sp³-hybridized carbons (Fsp3) is 0.316. The van der Waals surface area contributed by atoms with Crippen LogP contribution in [0.15, 0.2) is 109 Å². The third-order valence-corrected chi connectivity index (χ3v) is 7.46. The van der Waals surface area contributed by atoms with Crippen molar-refractivity contribution >= 4 is 22.6 Å². The number of aliphatic imine (C=N–C) groups is 1. The lowest BCUT2D eigenvalue weighted by molar-refractivity contribution is 0.202. The van der Waals surface area contributed by atoms with E-state index in [9.17, 15) is 4.39 Å². The van der Waals surface area contributed by atoms with Crippen molar-refractivity contribution in [1.82, 2.24) is 25.1 Å². The van der Waals surface area contributed by atoms with Crippen molar-refractivity contribution in [3.8, 4) is 0 Å². The summed E-state index contributed by atoms with van der Waals surface area (Å²) >= 11 is 0. The molecule has 7 nitrogen and oxygen atoms in total. The summed E-state index contributed by atoms with van der Waals surface area (Å²) in [6.45, 7) is 24.9. The summed E-state index contributed by atoms with van der Waals surface area (Å²) in [7, 11) is 0. The molecule has 1 N–H and O–H groups in total. The molecule has 0 atom stereocenters. The highest BCUT2D eigenvalue weighted by Gasteiger charge is 2.24. The van der Waals surface area contributed by atoms with Crippen LogP contribution in [0.4, 0.5) is 4.39 Å². The Morgan fingerprint density at radius 1 is 1.04 bits per heavy atom. The highest BCUT2D eigenvalue weighted by atomic mass is 19.1. The van der Waals surface area contributed by atoms with Gasteiger partial charge in [0.2, 0.25) is 0 Å². The van der Waals surface area contributed by atoms with E-state index in [-0.39, 0.29) is 5.82 Å². The first-order valence-electron chi connectivity index (χ1n) is 15.9. The quantitative estimate of drug-likeness (QED) is 0.155. The van der Waals surface area contributed by atoms with Crippen LogP contribution in [0.1, 0.15) is 88.6 Å². The van der Waals surface area contributed by atoms with Gasteiger partial charge in [-0.3, -0.25) is 10.00 Å². The lowest BCUT2D eigenvalue weighted by Crippen LogP contribution is -2.32. The van der Waals surface area contributed by atoms with Gasteiger partial charge in [0.1, 0.15) is 17.5 Å². The normalized spacial score (nSPS) is 15.8. The highest BCUT2D eigenvalue weighted by molar-refractivity contribution is 6.32. The van der Waals surface area contributed by atoms with Gasteiger partial charge in [0.15, 0.2) is 5.82 Å². The predicted octanol–water partition coefficient (Wildman–Crippen LogP) is 9.14. The van der Waals surface area contributed by atoms with Crippen LogP contribution < -0.4 is 0 Å². The monoisotopic (exact) mass is 621 g/mol. The average molecular weight is 622 g/mol. The van der Waals surface area contributed by atoms with Crippen LogP contribution in [0.5, 0.6) is 0 Å². The number of aromatic nitrogens is 3. The zero-order chi connectivity index (χ0) is 33.6. The lowest BCUT2D eigenvalue weighted by Gasteiger charge is -2.31. The molecule has 2 aromatic carbocycles. The summed E-state index contributed by atoms with van der Waals surface area (Å²) in [6, 6.07) is 15.0. The SMILES string of the molecule is C=C.C=C1N=C(c2ccc(CN3CCC(c4nc(/C(C)=C/C=C\C)n[nH]4)CC3)cc2)C(c2cccc(F)c2)=CN1N=C(C)C.CC. The number of allylic oxidation sites excluding steroid dienone is 5. The van der Waals surface area contributed by atoms with Gasteiger partial charge in [-0.15, -0.1) is 13.2 Å². The number of rotatable bonds is 8. The Bertz CT molecular complexity index is 1600. The molecule has 5 rings (SSSR count). The minimum absolute atomic E-state index is 0.293. The van der Waals surface area contributed by atoms with E-state index in [0.29, 0.717) is 11.7 Å². The number of halogens is 1. The number of hydrogen-bond donors (Lipinski definition) is 1. The molecule has 3 aromatic rings. The van der Waals surface area contributed by atoms with Crippen LogP contribution in [-0.2, 0) is 6.54 Å². The molecule has 0 bridgehead atoms. The van der Waals surface area contributed by atoms with Crippen LogP contribution in [0.2, 0.25) is 0 Å². The number of nitrogens with one attached hydrogen (secondary N) is 1. The average Bonchev–Trinajstić information content (AvgIpc) is 3.57. The van der Waals surface area contributed by atoms with E-state index in [1.54, 1.807) is 11.1 Å². The zero-order valence-corrected chi connectivity index (χ0v) is 28.2. The van der Waals surface area contributed by atoms with Crippen LogP contribution in [0.25, 0.3) is 11.1 Å². The van der Waals surface area contributed by atoms with E-state index in [0.717, 1.165) is 77.8 Å². The predicted molar refractivity (Wildman–Crippen MR) is 192 cm³/mol. The molecule has 8 heteroatoms. The first-order valence-corrected chi connectivity index (χ1v) is 15.9. The molecule has 2 aliphatic heterocycles. The zero-order valence-electron chi connectivity index (χ0n) is 28.2. The third kappa shape index (κ3) is 9.41. The Labute approximate surface area is 274 Å². The second kappa shape index (κ2) is 17.7. The van der Waals surface area contributed by atoms with Crippen LogP contribution in [-0.4, -0.2) is 49.6 Å². The molecule has 2 aliphatic rings. The van der Waals surface area contributed by atoms with Crippen LogP contribution in [0, 0.1) is 5.82 Å². The summed E-state index contributed by atoms with van der Waals surface area (Å²) < 4.78 is 14.2. The van der Waals surface area contributed by atoms with Gasteiger partial charge < -0.3 is 0 Å². The molecule has 242 valence electrons. The van der Waals surface area contributed by atoms with E-state index in [1.807, 2.05) is 72.0 Å². The molecule has 1 aromatic heterocycles. The summed E-state index contributed by atoms with van der Waals surface area (Å²) in [5, 5.41) is 13.8. The van der Waals surface area contributed by atoms with E-state index in [2.05, 4.69) is 64.2 Å². The van der Waals surface area contributed by atoms with Crippen molar-refractivity contribution in [3.63, 3.8) is 0 Å². The van der Waals surface area contributed by atoms with Gasteiger partial charge in [0.25, 0.3) is 0 Å². The minimum atomic E-state index is -0.293. The van der Waals surface area contributed by atoms with E-state index in [1.165, 1.54) is 17.7 Å². The Morgan fingerprint density at radius 2 is 1.74 bits per heavy atom. The standard InChI is InChI=1S/C34H38FN7.C2H6.C2H4/c1-6-7-9-24(4)33-37-34(39-38-33)28-16-18-41(19-17-28)21-26-12-14-27(15-13-26)32-31(29-10-8-11-30(35)20-29)22-42(25(5)36-32)40-23(2)3;2*1-2/h6-15,20,22,28H,5,16-19,21H2,1-4H3,(H,37,38,39);1-2H3;1-2H2/b7-6-,24-9+;;. The lowest BCUT2D eigenvalue weighted by atomic mass is 9.94. The van der Waals surface area contributed by atoms with Crippen molar-refractivity contribution in [2.24, 2.45) is 10.1 Å². The molecule has 0 amide bonds. The molecule has 1 saturated heterocycles. The number of piperidine rings is 1. The fourth-order valence-electron chi connectivity index (χ4n) is 5.23. The molecule has 0 spiro atoms. The first kappa shape index (κ1) is 35.8. The molecule has 46 heavy (non-hydrogen) atoms. The largest absolute Gasteiger partial charge is 0.299 e. The van der Waals surface area contributed by atoms with Crippen LogP contribution in [0.3, 0.4) is 0 Å². The number of hydrogen-bond acceptors (Lipinski definition) is 6. The molecular formula is C38H48FN7. The molecule has 0 unspecified atom stereocenters. The number of nitrogens with zero attached hydrogens (tertiary/aromatic N) is 6. The maximum absolute atomic E-state index is 14.2. The summed E-state index contributed by atoms with van der Waals surface area (Å²) in [5.41, 5.74) is 6.40. The molecule has 1 fully saturated rings. The van der Waals surface area contributed by atoms with Crippen LogP contribution >= 0.6 is 0 Å². The number of hydrazone groups is 1. The van der Waals surface area contributed by atoms with Gasteiger partial charge in [0, 0.05) is 35.5 Å². The second-order valence-corrected chi connectivity index (χ2v) is 11.0. The molecule has 0 radical (unpaired) electrons. The fourth-order valence-corrected chi connectivity index (χ4v) is 5.23. The van der Waals surface area contributed by atoms with Gasteiger partial charge in [-0.25, -0.2) is 19.4 Å². The maximum atomic E-state index is 14.2. The summed E-state index contributed by atoms with van der Waals surface area (Å²) in [4.78, 5) is 12.1. The van der Waals surface area contributed by atoms with Crippen molar-refractivity contribution in [3.05, 3.63) is 133 Å². The number of likely N-dealkylation sites (tertiary alicyclic amines) is 1. The van der Waals surface area contributed by atoms with Gasteiger partial charge in [0.05, 0.1) is 5.71 Å². The van der Waals surface area contributed by atoms with E-state index in [4.69, 9.17) is 9.98 Å². The first-order chi connectivity index (χ1) is 22.3. The molecular weight excluding hydrogens is 573 g/mol. The Kier molecular flexibility index (Phi) is 13.8. The smallest absolute Gasteiger partial charge is 0.176 e. The van der Waals surface area contributed by atoms with Crippen molar-refractivity contribution in [2.75, 3.05) is 13.1 Å². The second-order valence-electron chi connectivity index (χ2n) is 11.0. The third-order valence-electron chi connectivity index (χ3n) is 7.46. The van der Waals surface area contributed by atoms with Gasteiger partial charge in [-0.2, -0.15) is 10.2 Å². The van der Waals surface area contributed by atoms with Gasteiger partial charge in [-0.1, -0.05) is 75.1 Å². The van der Waals surface area contributed by atoms with E-state index < -0.39 is 0 Å². The van der Waals surface area contributed by atoms with Crippen molar-refractivity contribution in [2.45, 2.75) is 66.8 Å². The highest BCUT2D eigenvalue weighted by Crippen LogP contribution is 2.30. The Morgan fingerprint density at radius 3 is 2.37 bits per heavy atom. The van der Waals surface area contributed by atoms with Gasteiger partial charge >= 0.3 is 0 Å². The Hall–Kier alpha value is -4.69. The van der Waals surface area contributed by atoms with Gasteiger partial charge in [-0.05, 0) is 82.5 Å². The molecule has 0 aliphatic carbocycles. The minimum Gasteiger partial charge on any atom is -0.299 e. The Balaban J connectivity index is 0.00000139. The van der Waals surface area contributed by atoms with Crippen molar-refractivity contribution < 1.29 is 4.39 Å². The molecule has 0 saturated carbocycles. The summed E-state index contributed by atoms with van der Waals surface area (Å²) in [6.07, 6.45) is 10.0.